The quantitative estimate of drug-likeness (QED) is 0.315. The van der Waals surface area contributed by atoms with E-state index in [0.717, 1.165) is 24.5 Å². The van der Waals surface area contributed by atoms with Crippen LogP contribution in [0, 0.1) is 0 Å². The van der Waals surface area contributed by atoms with E-state index in [-0.39, 0.29) is 24.0 Å². The third-order valence-corrected chi connectivity index (χ3v) is 3.81. The van der Waals surface area contributed by atoms with Gasteiger partial charge < -0.3 is 15.4 Å². The molecule has 1 aliphatic rings. The lowest BCUT2D eigenvalue weighted by atomic mass is 9.97. The first-order chi connectivity index (χ1) is 10.8. The SMILES string of the molecule is CN=C(NCCC1=CCCCC1)NCc1ccc(OC)nc1.I. The van der Waals surface area contributed by atoms with E-state index in [0.29, 0.717) is 12.4 Å². The Bertz CT molecular complexity index is 514. The highest BCUT2D eigenvalue weighted by Gasteiger charge is 2.04. The fraction of sp³-hybridized carbons (Fsp3) is 0.529. The van der Waals surface area contributed by atoms with E-state index >= 15 is 0 Å². The van der Waals surface area contributed by atoms with Gasteiger partial charge in [0.2, 0.25) is 5.88 Å². The lowest BCUT2D eigenvalue weighted by Gasteiger charge is -2.15. The third-order valence-electron chi connectivity index (χ3n) is 3.81. The summed E-state index contributed by atoms with van der Waals surface area (Å²) in [6.45, 7) is 1.62. The van der Waals surface area contributed by atoms with Gasteiger partial charge in [-0.1, -0.05) is 17.7 Å². The number of aliphatic imine (C=N–C) groups is 1. The van der Waals surface area contributed by atoms with Crippen molar-refractivity contribution in [3.05, 3.63) is 35.5 Å². The Morgan fingerprint density at radius 2 is 2.17 bits per heavy atom. The Balaban J connectivity index is 0.00000264. The molecule has 0 fully saturated rings. The predicted octanol–water partition coefficient (Wildman–Crippen LogP) is 3.26. The van der Waals surface area contributed by atoms with Gasteiger partial charge in [0.15, 0.2) is 5.96 Å². The molecule has 5 nitrogen and oxygen atoms in total. The molecule has 0 saturated carbocycles. The van der Waals surface area contributed by atoms with Gasteiger partial charge in [0.1, 0.15) is 0 Å². The van der Waals surface area contributed by atoms with E-state index in [1.165, 1.54) is 25.7 Å². The molecule has 23 heavy (non-hydrogen) atoms. The van der Waals surface area contributed by atoms with Gasteiger partial charge in [0, 0.05) is 32.4 Å². The molecule has 0 saturated heterocycles. The number of aromatic nitrogens is 1. The van der Waals surface area contributed by atoms with Crippen molar-refractivity contribution in [1.29, 1.82) is 0 Å². The summed E-state index contributed by atoms with van der Waals surface area (Å²) < 4.78 is 5.05. The number of nitrogens with one attached hydrogen (secondary N) is 2. The zero-order chi connectivity index (χ0) is 15.6. The summed E-state index contributed by atoms with van der Waals surface area (Å²) >= 11 is 0. The number of pyridine rings is 1. The second kappa shape index (κ2) is 11.3. The topological polar surface area (TPSA) is 58.5 Å². The molecule has 2 N–H and O–H groups in total. The monoisotopic (exact) mass is 430 g/mol. The van der Waals surface area contributed by atoms with Crippen molar-refractivity contribution >= 4 is 29.9 Å². The van der Waals surface area contributed by atoms with Crippen LogP contribution >= 0.6 is 24.0 Å². The van der Waals surface area contributed by atoms with Gasteiger partial charge in [0.05, 0.1) is 7.11 Å². The Morgan fingerprint density at radius 3 is 2.78 bits per heavy atom. The number of hydrogen-bond donors (Lipinski definition) is 2. The molecule has 128 valence electrons. The summed E-state index contributed by atoms with van der Waals surface area (Å²) in [5.74, 6) is 1.46. The summed E-state index contributed by atoms with van der Waals surface area (Å²) in [7, 11) is 3.41. The third kappa shape index (κ3) is 7.20. The van der Waals surface area contributed by atoms with E-state index in [1.54, 1.807) is 19.7 Å². The number of halogens is 1. The first-order valence-electron chi connectivity index (χ1n) is 7.93. The largest absolute Gasteiger partial charge is 0.481 e. The number of nitrogens with zero attached hydrogens (tertiary/aromatic N) is 2. The van der Waals surface area contributed by atoms with Crippen molar-refractivity contribution in [1.82, 2.24) is 15.6 Å². The average Bonchev–Trinajstić information content (AvgIpc) is 2.59. The van der Waals surface area contributed by atoms with Gasteiger partial charge in [-0.05, 0) is 37.7 Å². The molecular formula is C17H27IN4O. The number of guanidine groups is 1. The molecule has 1 aromatic rings. The van der Waals surface area contributed by atoms with Crippen LogP contribution in [-0.2, 0) is 6.54 Å². The molecule has 1 aliphatic carbocycles. The van der Waals surface area contributed by atoms with Crippen LogP contribution in [0.25, 0.3) is 0 Å². The van der Waals surface area contributed by atoms with Gasteiger partial charge in [-0.25, -0.2) is 4.98 Å². The van der Waals surface area contributed by atoms with Crippen LogP contribution in [0.2, 0.25) is 0 Å². The van der Waals surface area contributed by atoms with E-state index in [1.807, 2.05) is 18.3 Å². The smallest absolute Gasteiger partial charge is 0.212 e. The molecule has 0 unspecified atom stereocenters. The highest BCUT2D eigenvalue weighted by atomic mass is 127. The number of rotatable bonds is 6. The van der Waals surface area contributed by atoms with Gasteiger partial charge in [-0.3, -0.25) is 4.99 Å². The summed E-state index contributed by atoms with van der Waals surface area (Å²) in [5.41, 5.74) is 2.67. The first kappa shape index (κ1) is 19.7. The summed E-state index contributed by atoms with van der Waals surface area (Å²) in [6, 6.07) is 3.86. The van der Waals surface area contributed by atoms with Crippen molar-refractivity contribution in [2.45, 2.75) is 38.6 Å². The molecule has 0 aliphatic heterocycles. The van der Waals surface area contributed by atoms with E-state index in [9.17, 15) is 0 Å². The zero-order valence-corrected chi connectivity index (χ0v) is 16.3. The predicted molar refractivity (Wildman–Crippen MR) is 106 cm³/mol. The second-order valence-electron chi connectivity index (χ2n) is 5.42. The maximum Gasteiger partial charge on any atom is 0.212 e. The minimum atomic E-state index is 0. The van der Waals surface area contributed by atoms with Crippen molar-refractivity contribution in [3.63, 3.8) is 0 Å². The lowest BCUT2D eigenvalue weighted by molar-refractivity contribution is 0.397. The normalized spacial score (nSPS) is 14.5. The number of allylic oxidation sites excluding steroid dienone is 1. The van der Waals surface area contributed by atoms with E-state index < -0.39 is 0 Å². The van der Waals surface area contributed by atoms with E-state index in [4.69, 9.17) is 4.74 Å². The molecule has 6 heteroatoms. The molecule has 0 radical (unpaired) electrons. The van der Waals surface area contributed by atoms with E-state index in [2.05, 4.69) is 26.7 Å². The Labute approximate surface area is 156 Å². The van der Waals surface area contributed by atoms with Crippen LogP contribution in [0.1, 0.15) is 37.7 Å². The first-order valence-corrected chi connectivity index (χ1v) is 7.93. The fourth-order valence-electron chi connectivity index (χ4n) is 2.52. The maximum absolute atomic E-state index is 5.05. The molecule has 0 spiro atoms. The fourth-order valence-corrected chi connectivity index (χ4v) is 2.52. The summed E-state index contributed by atoms with van der Waals surface area (Å²) in [5, 5.41) is 6.66. The number of ether oxygens (including phenoxy) is 1. The van der Waals surface area contributed by atoms with Crippen LogP contribution in [0.15, 0.2) is 35.0 Å². The Kier molecular flexibility index (Phi) is 9.66. The van der Waals surface area contributed by atoms with Crippen LogP contribution in [0.3, 0.4) is 0 Å². The molecule has 1 heterocycles. The second-order valence-corrected chi connectivity index (χ2v) is 5.42. The summed E-state index contributed by atoms with van der Waals surface area (Å²) in [6.07, 6.45) is 10.5. The molecule has 0 atom stereocenters. The molecular weight excluding hydrogens is 403 g/mol. The number of methoxy groups -OCH3 is 1. The molecule has 1 aromatic heterocycles. The minimum absolute atomic E-state index is 0. The van der Waals surface area contributed by atoms with Gasteiger partial charge in [0.25, 0.3) is 0 Å². The zero-order valence-electron chi connectivity index (χ0n) is 14.0. The highest BCUT2D eigenvalue weighted by Crippen LogP contribution is 2.19. The van der Waals surface area contributed by atoms with Gasteiger partial charge in [-0.15, -0.1) is 24.0 Å². The van der Waals surface area contributed by atoms with Crippen molar-refractivity contribution in [2.75, 3.05) is 20.7 Å². The van der Waals surface area contributed by atoms with Crippen molar-refractivity contribution in [3.8, 4) is 5.88 Å². The van der Waals surface area contributed by atoms with Crippen LogP contribution in [0.4, 0.5) is 0 Å². The maximum atomic E-state index is 5.05. The number of hydrogen-bond acceptors (Lipinski definition) is 3. The van der Waals surface area contributed by atoms with Crippen LogP contribution in [0.5, 0.6) is 5.88 Å². The highest BCUT2D eigenvalue weighted by molar-refractivity contribution is 14.0. The minimum Gasteiger partial charge on any atom is -0.481 e. The van der Waals surface area contributed by atoms with Gasteiger partial charge >= 0.3 is 0 Å². The van der Waals surface area contributed by atoms with Crippen molar-refractivity contribution in [2.24, 2.45) is 4.99 Å². The molecule has 2 rings (SSSR count). The molecule has 0 amide bonds. The molecule has 0 aromatic carbocycles. The lowest BCUT2D eigenvalue weighted by Crippen LogP contribution is -2.37. The Morgan fingerprint density at radius 1 is 1.30 bits per heavy atom. The molecule has 0 bridgehead atoms. The van der Waals surface area contributed by atoms with Crippen molar-refractivity contribution < 1.29 is 4.74 Å². The van der Waals surface area contributed by atoms with Gasteiger partial charge in [-0.2, -0.15) is 0 Å². The average molecular weight is 430 g/mol. The summed E-state index contributed by atoms with van der Waals surface area (Å²) in [4.78, 5) is 8.44. The standard InChI is InChI=1S/C17H26N4O.HI/c1-18-17(19-11-10-14-6-4-3-5-7-14)21-13-15-8-9-16(22-2)20-12-15;/h6,8-9,12H,3-5,7,10-11,13H2,1-2H3,(H2,18,19,21);1H. The van der Waals surface area contributed by atoms with Crippen LogP contribution < -0.4 is 15.4 Å². The Hall–Kier alpha value is -1.31. The van der Waals surface area contributed by atoms with Crippen LogP contribution in [-0.4, -0.2) is 31.6 Å².